The Balaban J connectivity index is 0.000000249. The molecule has 0 fully saturated rings. The van der Waals surface area contributed by atoms with Gasteiger partial charge < -0.3 is 5.32 Å². The molecule has 0 spiro atoms. The highest BCUT2D eigenvalue weighted by Crippen LogP contribution is 2.20. The molecule has 1 aliphatic rings. The second-order valence-electron chi connectivity index (χ2n) is 2.42. The van der Waals surface area contributed by atoms with Crippen molar-refractivity contribution < 1.29 is 26.1 Å². The Morgan fingerprint density at radius 2 is 1.86 bits per heavy atom. The Kier molecular flexibility index (Phi) is 4.92. The van der Waals surface area contributed by atoms with E-state index >= 15 is 0 Å². The molecule has 0 saturated carbocycles. The molecule has 8 heteroatoms. The Morgan fingerprint density at radius 3 is 1.93 bits per heavy atom. The monoisotopic (exact) mass is 233 g/mol. The number of allylic oxidation sites excluding steroid dienone is 1. The minimum Gasteiger partial charge on any atom is -0.391 e. The van der Waals surface area contributed by atoms with E-state index in [4.69, 9.17) is 13.0 Å². The normalized spacial score (nSPS) is 16.6. The highest BCUT2D eigenvalue weighted by Gasteiger charge is 2.44. The SMILES string of the molecule is C1=CNCCC1.O=S(=O)(O)C(F)(F)F. The average Bonchev–Trinajstić information content (AvgIpc) is 2.05. The molecule has 0 amide bonds. The fraction of sp³-hybridized carbons (Fsp3) is 0.667. The van der Waals surface area contributed by atoms with Crippen LogP contribution in [0.1, 0.15) is 12.8 Å². The highest BCUT2D eigenvalue weighted by atomic mass is 32.2. The van der Waals surface area contributed by atoms with Gasteiger partial charge in [0.15, 0.2) is 0 Å². The van der Waals surface area contributed by atoms with Crippen LogP contribution >= 0.6 is 0 Å². The number of rotatable bonds is 0. The second kappa shape index (κ2) is 5.20. The molecule has 0 saturated heterocycles. The number of nitrogens with one attached hydrogen (secondary N) is 1. The zero-order chi connectivity index (χ0) is 11.2. The zero-order valence-corrected chi connectivity index (χ0v) is 7.90. The van der Waals surface area contributed by atoms with Crippen molar-refractivity contribution in [3.05, 3.63) is 12.3 Å². The van der Waals surface area contributed by atoms with Crippen LogP contribution in [0.2, 0.25) is 0 Å². The first-order valence-corrected chi connectivity index (χ1v) is 5.11. The third kappa shape index (κ3) is 5.81. The molecule has 0 atom stereocenters. The lowest BCUT2D eigenvalue weighted by molar-refractivity contribution is -0.0510. The molecule has 1 aliphatic heterocycles. The van der Waals surface area contributed by atoms with Gasteiger partial charge in [0, 0.05) is 6.54 Å². The van der Waals surface area contributed by atoms with Gasteiger partial charge in [-0.25, -0.2) is 0 Å². The maximum atomic E-state index is 10.7. The van der Waals surface area contributed by atoms with E-state index in [1.807, 2.05) is 6.20 Å². The summed E-state index contributed by atoms with van der Waals surface area (Å²) in [5.74, 6) is 0. The summed E-state index contributed by atoms with van der Waals surface area (Å²) < 4.78 is 57.5. The van der Waals surface area contributed by atoms with Crippen molar-refractivity contribution in [3.63, 3.8) is 0 Å². The molecule has 0 aromatic heterocycles. The van der Waals surface area contributed by atoms with Gasteiger partial charge in [-0.05, 0) is 19.0 Å². The molecular formula is C6H10F3NO3S. The fourth-order valence-electron chi connectivity index (χ4n) is 0.572. The number of hydrogen-bond donors (Lipinski definition) is 2. The third-order valence-electron chi connectivity index (χ3n) is 1.22. The summed E-state index contributed by atoms with van der Waals surface area (Å²) in [7, 11) is -5.84. The van der Waals surface area contributed by atoms with Gasteiger partial charge in [-0.15, -0.1) is 0 Å². The Bertz CT molecular complexity index is 275. The Labute approximate surface area is 79.5 Å². The van der Waals surface area contributed by atoms with Crippen LogP contribution in [0.15, 0.2) is 12.3 Å². The smallest absolute Gasteiger partial charge is 0.391 e. The van der Waals surface area contributed by atoms with E-state index < -0.39 is 15.6 Å². The molecule has 1 heterocycles. The van der Waals surface area contributed by atoms with Crippen LogP contribution < -0.4 is 5.32 Å². The maximum absolute atomic E-state index is 10.7. The molecule has 0 radical (unpaired) electrons. The van der Waals surface area contributed by atoms with Crippen molar-refractivity contribution in [2.75, 3.05) is 6.54 Å². The zero-order valence-electron chi connectivity index (χ0n) is 7.08. The molecule has 1 rings (SSSR count). The minimum absolute atomic E-state index is 1.16. The van der Waals surface area contributed by atoms with Crippen molar-refractivity contribution in [1.29, 1.82) is 0 Å². The Morgan fingerprint density at radius 1 is 1.36 bits per heavy atom. The first-order chi connectivity index (χ1) is 6.25. The standard InChI is InChI=1S/C5H9N.CHF3O3S/c1-2-4-6-5-3-1;2-1(3,4)8(5,6)7/h2,4,6H,1,3,5H2;(H,5,6,7). The summed E-state index contributed by atoms with van der Waals surface area (Å²) in [5.41, 5.74) is -5.53. The first kappa shape index (κ1) is 13.2. The lowest BCUT2D eigenvalue weighted by atomic mass is 10.2. The average molecular weight is 233 g/mol. The van der Waals surface area contributed by atoms with E-state index in [2.05, 4.69) is 11.4 Å². The van der Waals surface area contributed by atoms with Crippen LogP contribution in [0.5, 0.6) is 0 Å². The van der Waals surface area contributed by atoms with E-state index in [1.54, 1.807) is 0 Å². The summed E-state index contributed by atoms with van der Waals surface area (Å²) in [5, 5.41) is 3.10. The van der Waals surface area contributed by atoms with Crippen LogP contribution in [-0.4, -0.2) is 25.0 Å². The predicted octanol–water partition coefficient (Wildman–Crippen LogP) is 1.28. The molecule has 0 unspecified atom stereocenters. The van der Waals surface area contributed by atoms with Crippen molar-refractivity contribution >= 4 is 10.1 Å². The summed E-state index contributed by atoms with van der Waals surface area (Å²) in [6.07, 6.45) is 6.73. The molecular weight excluding hydrogens is 223 g/mol. The van der Waals surface area contributed by atoms with Gasteiger partial charge in [-0.2, -0.15) is 21.6 Å². The van der Waals surface area contributed by atoms with E-state index in [-0.39, 0.29) is 0 Å². The van der Waals surface area contributed by atoms with Gasteiger partial charge in [0.05, 0.1) is 0 Å². The second-order valence-corrected chi connectivity index (χ2v) is 3.83. The third-order valence-corrected chi connectivity index (χ3v) is 1.81. The minimum atomic E-state index is -5.84. The molecule has 14 heavy (non-hydrogen) atoms. The van der Waals surface area contributed by atoms with Crippen molar-refractivity contribution in [2.24, 2.45) is 0 Å². The van der Waals surface area contributed by atoms with Crippen molar-refractivity contribution in [2.45, 2.75) is 18.3 Å². The van der Waals surface area contributed by atoms with Crippen molar-refractivity contribution in [1.82, 2.24) is 5.32 Å². The maximum Gasteiger partial charge on any atom is 0.522 e. The summed E-state index contributed by atoms with van der Waals surface area (Å²) in [6.45, 7) is 1.16. The summed E-state index contributed by atoms with van der Waals surface area (Å²) in [6, 6.07) is 0. The topological polar surface area (TPSA) is 66.4 Å². The summed E-state index contributed by atoms with van der Waals surface area (Å²) >= 11 is 0. The van der Waals surface area contributed by atoms with Gasteiger partial charge in [-0.1, -0.05) is 6.08 Å². The van der Waals surface area contributed by atoms with E-state index in [9.17, 15) is 13.2 Å². The lowest BCUT2D eigenvalue weighted by Crippen LogP contribution is -2.21. The predicted molar refractivity (Wildman–Crippen MR) is 44.0 cm³/mol. The molecule has 2 N–H and O–H groups in total. The van der Waals surface area contributed by atoms with Crippen LogP contribution in [0.25, 0.3) is 0 Å². The van der Waals surface area contributed by atoms with E-state index in [0.717, 1.165) is 6.54 Å². The van der Waals surface area contributed by atoms with Crippen LogP contribution in [0.4, 0.5) is 13.2 Å². The van der Waals surface area contributed by atoms with Gasteiger partial charge in [0.25, 0.3) is 0 Å². The number of hydrogen-bond acceptors (Lipinski definition) is 3. The highest BCUT2D eigenvalue weighted by molar-refractivity contribution is 7.86. The molecule has 84 valence electrons. The fourth-order valence-corrected chi connectivity index (χ4v) is 0.572. The molecule has 0 aliphatic carbocycles. The van der Waals surface area contributed by atoms with Crippen LogP contribution in [-0.2, 0) is 10.1 Å². The van der Waals surface area contributed by atoms with Gasteiger partial charge in [0.1, 0.15) is 0 Å². The van der Waals surface area contributed by atoms with Gasteiger partial charge >= 0.3 is 15.6 Å². The lowest BCUT2D eigenvalue weighted by Gasteiger charge is -2.02. The van der Waals surface area contributed by atoms with Crippen LogP contribution in [0.3, 0.4) is 0 Å². The first-order valence-electron chi connectivity index (χ1n) is 3.67. The van der Waals surface area contributed by atoms with Crippen molar-refractivity contribution in [3.8, 4) is 0 Å². The van der Waals surface area contributed by atoms with E-state index in [0.29, 0.717) is 0 Å². The van der Waals surface area contributed by atoms with E-state index in [1.165, 1.54) is 12.8 Å². The van der Waals surface area contributed by atoms with Crippen LogP contribution in [0, 0.1) is 0 Å². The summed E-state index contributed by atoms with van der Waals surface area (Å²) in [4.78, 5) is 0. The molecule has 0 bridgehead atoms. The largest absolute Gasteiger partial charge is 0.522 e. The Hall–Kier alpha value is -0.760. The van der Waals surface area contributed by atoms with Gasteiger partial charge in [0.2, 0.25) is 0 Å². The molecule has 0 aromatic carbocycles. The molecule has 4 nitrogen and oxygen atoms in total. The number of halogens is 3. The number of alkyl halides is 3. The van der Waals surface area contributed by atoms with Gasteiger partial charge in [-0.3, -0.25) is 4.55 Å². The molecule has 0 aromatic rings. The quantitative estimate of drug-likeness (QED) is 0.488.